The van der Waals surface area contributed by atoms with Gasteiger partial charge in [-0.2, -0.15) is 0 Å². The van der Waals surface area contributed by atoms with Crippen molar-refractivity contribution in [3.63, 3.8) is 0 Å². The predicted molar refractivity (Wildman–Crippen MR) is 92.0 cm³/mol. The Morgan fingerprint density at radius 2 is 1.90 bits per heavy atom. The second-order valence-electron chi connectivity index (χ2n) is 6.02. The Morgan fingerprint density at radius 3 is 2.43 bits per heavy atom. The second-order valence-corrected chi connectivity index (χ2v) is 6.87. The molecule has 1 atom stereocenters. The van der Waals surface area contributed by atoms with E-state index in [1.54, 1.807) is 6.92 Å². The fraction of sp³-hybridized carbons (Fsp3) is 0.625. The largest absolute Gasteiger partial charge is 0.389 e. The average Bonchev–Trinajstić information content (AvgIpc) is 2.45. The van der Waals surface area contributed by atoms with E-state index in [4.69, 9.17) is 0 Å². The number of nitrogens with zero attached hydrogens (tertiary/aromatic N) is 3. The van der Waals surface area contributed by atoms with Crippen molar-refractivity contribution in [2.75, 3.05) is 58.3 Å². The van der Waals surface area contributed by atoms with Crippen molar-refractivity contribution < 1.29 is 5.11 Å². The van der Waals surface area contributed by atoms with E-state index in [0.717, 1.165) is 49.3 Å². The molecule has 21 heavy (non-hydrogen) atoms. The Hall–Kier alpha value is -0.620. The van der Waals surface area contributed by atoms with E-state index in [1.807, 2.05) is 12.1 Å². The summed E-state index contributed by atoms with van der Waals surface area (Å²) in [5.41, 5.74) is 2.18. The molecule has 0 amide bonds. The molecule has 1 fully saturated rings. The average molecular weight is 356 g/mol. The summed E-state index contributed by atoms with van der Waals surface area (Å²) in [6.07, 6.45) is -0.418. The van der Waals surface area contributed by atoms with Crippen LogP contribution in [0.1, 0.15) is 18.6 Å². The molecule has 0 aromatic heterocycles. The lowest BCUT2D eigenvalue weighted by atomic mass is 10.1. The van der Waals surface area contributed by atoms with Gasteiger partial charge < -0.3 is 14.9 Å². The molecule has 1 unspecified atom stereocenters. The third-order valence-corrected chi connectivity index (χ3v) is 4.67. The van der Waals surface area contributed by atoms with Gasteiger partial charge in [-0.15, -0.1) is 0 Å². The Bertz CT molecular complexity index is 457. The summed E-state index contributed by atoms with van der Waals surface area (Å²) in [6.45, 7) is 8.39. The zero-order valence-corrected chi connectivity index (χ0v) is 14.8. The van der Waals surface area contributed by atoms with Crippen molar-refractivity contribution in [3.05, 3.63) is 28.2 Å². The highest BCUT2D eigenvalue weighted by molar-refractivity contribution is 9.10. The van der Waals surface area contributed by atoms with Gasteiger partial charge in [0.1, 0.15) is 0 Å². The summed E-state index contributed by atoms with van der Waals surface area (Å²) in [5.74, 6) is 0. The van der Waals surface area contributed by atoms with Gasteiger partial charge in [0.15, 0.2) is 0 Å². The zero-order chi connectivity index (χ0) is 15.4. The lowest BCUT2D eigenvalue weighted by Crippen LogP contribution is -2.48. The van der Waals surface area contributed by atoms with E-state index < -0.39 is 6.10 Å². The van der Waals surface area contributed by atoms with Crippen LogP contribution in [0, 0.1) is 0 Å². The van der Waals surface area contributed by atoms with E-state index >= 15 is 0 Å². The fourth-order valence-corrected chi connectivity index (χ4v) is 3.24. The molecule has 0 bridgehead atoms. The number of likely N-dealkylation sites (N-methyl/N-ethyl adjacent to an activating group) is 1. The number of benzene rings is 1. The van der Waals surface area contributed by atoms with E-state index in [2.05, 4.69) is 50.8 Å². The van der Waals surface area contributed by atoms with Crippen LogP contribution in [0.15, 0.2) is 22.7 Å². The topological polar surface area (TPSA) is 30.0 Å². The van der Waals surface area contributed by atoms with Crippen LogP contribution in [-0.2, 0) is 0 Å². The van der Waals surface area contributed by atoms with Crippen LogP contribution in [-0.4, -0.2) is 68.3 Å². The maximum atomic E-state index is 9.64. The number of hydrogen-bond donors (Lipinski definition) is 1. The van der Waals surface area contributed by atoms with Crippen LogP contribution in [0.4, 0.5) is 5.69 Å². The highest BCUT2D eigenvalue weighted by atomic mass is 79.9. The summed E-state index contributed by atoms with van der Waals surface area (Å²) >= 11 is 3.64. The predicted octanol–water partition coefficient (Wildman–Crippen LogP) is 2.19. The molecule has 1 N–H and O–H groups in total. The van der Waals surface area contributed by atoms with Crippen molar-refractivity contribution in [2.24, 2.45) is 0 Å². The highest BCUT2D eigenvalue weighted by Crippen LogP contribution is 2.30. The third kappa shape index (κ3) is 4.68. The van der Waals surface area contributed by atoms with Crippen molar-refractivity contribution in [2.45, 2.75) is 13.0 Å². The Balaban J connectivity index is 1.93. The quantitative estimate of drug-likeness (QED) is 0.876. The van der Waals surface area contributed by atoms with Gasteiger partial charge in [0.2, 0.25) is 0 Å². The molecule has 1 aliphatic rings. The Labute approximate surface area is 136 Å². The summed E-state index contributed by atoms with van der Waals surface area (Å²) in [4.78, 5) is 7.17. The second kappa shape index (κ2) is 7.58. The van der Waals surface area contributed by atoms with Gasteiger partial charge in [-0.1, -0.05) is 6.07 Å². The van der Waals surface area contributed by atoms with Gasteiger partial charge >= 0.3 is 0 Å². The normalized spacial score (nSPS) is 18.3. The summed E-state index contributed by atoms with van der Waals surface area (Å²) in [7, 11) is 4.24. The Kier molecular flexibility index (Phi) is 6.05. The van der Waals surface area contributed by atoms with Crippen LogP contribution >= 0.6 is 15.9 Å². The molecule has 0 radical (unpaired) electrons. The van der Waals surface area contributed by atoms with E-state index in [0.29, 0.717) is 0 Å². The maximum absolute atomic E-state index is 9.64. The SMILES string of the molecule is CC(O)c1ccc(N2CCN(CCN(C)C)CC2)c(Br)c1. The van der Waals surface area contributed by atoms with Gasteiger partial charge in [-0.05, 0) is 54.6 Å². The smallest absolute Gasteiger partial charge is 0.0762 e. The lowest BCUT2D eigenvalue weighted by molar-refractivity contribution is 0.199. The molecule has 5 heteroatoms. The van der Waals surface area contributed by atoms with Gasteiger partial charge in [0.25, 0.3) is 0 Å². The van der Waals surface area contributed by atoms with Crippen LogP contribution in [0.25, 0.3) is 0 Å². The molecule has 1 aromatic rings. The zero-order valence-electron chi connectivity index (χ0n) is 13.2. The molecule has 118 valence electrons. The van der Waals surface area contributed by atoms with Crippen molar-refractivity contribution in [1.29, 1.82) is 0 Å². The molecule has 0 spiro atoms. The number of hydrogen-bond acceptors (Lipinski definition) is 4. The first kappa shape index (κ1) is 16.7. The summed E-state index contributed by atoms with van der Waals surface area (Å²) in [5, 5.41) is 9.64. The molecule has 1 heterocycles. The van der Waals surface area contributed by atoms with Gasteiger partial charge in [-0.25, -0.2) is 0 Å². The lowest BCUT2D eigenvalue weighted by Gasteiger charge is -2.37. The van der Waals surface area contributed by atoms with Crippen molar-refractivity contribution >= 4 is 21.6 Å². The molecule has 1 saturated heterocycles. The van der Waals surface area contributed by atoms with E-state index in [-0.39, 0.29) is 0 Å². The Morgan fingerprint density at radius 1 is 1.24 bits per heavy atom. The molecule has 0 saturated carbocycles. The van der Waals surface area contributed by atoms with Gasteiger partial charge in [-0.3, -0.25) is 4.90 Å². The summed E-state index contributed by atoms with van der Waals surface area (Å²) in [6, 6.07) is 6.16. The minimum Gasteiger partial charge on any atom is -0.389 e. The van der Waals surface area contributed by atoms with E-state index in [9.17, 15) is 5.11 Å². The molecule has 2 rings (SSSR count). The number of aliphatic hydroxyl groups is 1. The standard InChI is InChI=1S/C16H26BrN3O/c1-13(21)14-4-5-16(15(17)12-14)20-10-8-19(9-11-20)7-6-18(2)3/h4-5,12-13,21H,6-11H2,1-3H3. The van der Waals surface area contributed by atoms with Gasteiger partial charge in [0.05, 0.1) is 11.8 Å². The molecule has 4 nitrogen and oxygen atoms in total. The molecule has 1 aliphatic heterocycles. The molecule has 0 aliphatic carbocycles. The number of aliphatic hydroxyl groups excluding tert-OH is 1. The minimum absolute atomic E-state index is 0.418. The monoisotopic (exact) mass is 355 g/mol. The van der Waals surface area contributed by atoms with Gasteiger partial charge in [0, 0.05) is 43.7 Å². The first-order valence-corrected chi connectivity index (χ1v) is 8.36. The number of anilines is 1. The molecule has 1 aromatic carbocycles. The third-order valence-electron chi connectivity index (χ3n) is 4.03. The summed E-state index contributed by atoms with van der Waals surface area (Å²) < 4.78 is 1.07. The van der Waals surface area contributed by atoms with Crippen LogP contribution in [0.3, 0.4) is 0 Å². The molecular formula is C16H26BrN3O. The van der Waals surface area contributed by atoms with Crippen LogP contribution in [0.2, 0.25) is 0 Å². The number of rotatable bonds is 5. The number of halogens is 1. The van der Waals surface area contributed by atoms with Crippen LogP contribution in [0.5, 0.6) is 0 Å². The maximum Gasteiger partial charge on any atom is 0.0762 e. The molecular weight excluding hydrogens is 330 g/mol. The highest BCUT2D eigenvalue weighted by Gasteiger charge is 2.19. The first-order chi connectivity index (χ1) is 9.97. The van der Waals surface area contributed by atoms with E-state index in [1.165, 1.54) is 5.69 Å². The van der Waals surface area contributed by atoms with Crippen LogP contribution < -0.4 is 4.90 Å². The number of piperazine rings is 1. The first-order valence-electron chi connectivity index (χ1n) is 7.57. The van der Waals surface area contributed by atoms with Crippen molar-refractivity contribution in [3.8, 4) is 0 Å². The van der Waals surface area contributed by atoms with Crippen molar-refractivity contribution in [1.82, 2.24) is 9.80 Å². The minimum atomic E-state index is -0.418. The fourth-order valence-electron chi connectivity index (χ4n) is 2.59.